The first kappa shape index (κ1) is 14.8. The van der Waals surface area contributed by atoms with Crippen LogP contribution in [0.15, 0.2) is 18.2 Å². The van der Waals surface area contributed by atoms with Crippen molar-refractivity contribution >= 4 is 11.0 Å². The fourth-order valence-electron chi connectivity index (χ4n) is 2.14. The van der Waals surface area contributed by atoms with Gasteiger partial charge >= 0.3 is 6.18 Å². The number of aromatic nitrogens is 2. The zero-order valence-corrected chi connectivity index (χ0v) is 11.0. The molecule has 1 heterocycles. The molecule has 0 saturated carbocycles. The summed E-state index contributed by atoms with van der Waals surface area (Å²) in [5.41, 5.74) is 5.59. The molecule has 0 radical (unpaired) electrons. The van der Waals surface area contributed by atoms with E-state index in [2.05, 4.69) is 4.98 Å². The number of hydrogen-bond donors (Lipinski definition) is 2. The normalized spacial score (nSPS) is 13.9. The van der Waals surface area contributed by atoms with Crippen molar-refractivity contribution in [3.8, 4) is 0 Å². The summed E-state index contributed by atoms with van der Waals surface area (Å²) < 4.78 is 39.8. The van der Waals surface area contributed by atoms with Gasteiger partial charge in [0.2, 0.25) is 0 Å². The molecule has 1 aromatic heterocycles. The van der Waals surface area contributed by atoms with Crippen LogP contribution in [0.5, 0.6) is 0 Å². The highest BCUT2D eigenvalue weighted by molar-refractivity contribution is 5.77. The van der Waals surface area contributed by atoms with Crippen LogP contribution in [-0.2, 0) is 19.1 Å². The number of hydrogen-bond acceptors (Lipinski definition) is 3. The van der Waals surface area contributed by atoms with Gasteiger partial charge in [-0.15, -0.1) is 0 Å². The Labute approximate surface area is 114 Å². The third kappa shape index (κ3) is 2.94. The Morgan fingerprint density at radius 3 is 2.65 bits per heavy atom. The van der Waals surface area contributed by atoms with Crippen molar-refractivity contribution in [2.45, 2.75) is 32.2 Å². The maximum absolute atomic E-state index is 12.7. The number of halogens is 3. The Kier molecular flexibility index (Phi) is 4.01. The zero-order chi connectivity index (χ0) is 14.9. The van der Waals surface area contributed by atoms with Crippen molar-refractivity contribution in [1.82, 2.24) is 9.55 Å². The van der Waals surface area contributed by atoms with Crippen molar-refractivity contribution in [3.05, 3.63) is 29.6 Å². The first-order chi connectivity index (χ1) is 9.32. The van der Waals surface area contributed by atoms with E-state index < -0.39 is 17.8 Å². The highest BCUT2D eigenvalue weighted by atomic mass is 19.4. The number of nitrogens with zero attached hydrogens (tertiary/aromatic N) is 2. The van der Waals surface area contributed by atoms with Crippen molar-refractivity contribution in [2.24, 2.45) is 5.73 Å². The first-order valence-corrected chi connectivity index (χ1v) is 6.27. The van der Waals surface area contributed by atoms with Gasteiger partial charge in [0.1, 0.15) is 5.82 Å². The molecule has 0 fully saturated rings. The Morgan fingerprint density at radius 1 is 1.40 bits per heavy atom. The second kappa shape index (κ2) is 5.41. The molecule has 3 N–H and O–H groups in total. The molecule has 2 aromatic rings. The molecular formula is C13H16F3N3O. The number of aliphatic hydroxyl groups is 1. The van der Waals surface area contributed by atoms with Gasteiger partial charge in [0.05, 0.1) is 29.2 Å². The summed E-state index contributed by atoms with van der Waals surface area (Å²) in [4.78, 5) is 4.20. The van der Waals surface area contributed by atoms with E-state index in [1.165, 1.54) is 6.07 Å². The molecule has 0 aliphatic carbocycles. The highest BCUT2D eigenvalue weighted by Gasteiger charge is 2.31. The monoisotopic (exact) mass is 287 g/mol. The van der Waals surface area contributed by atoms with Crippen LogP contribution in [0, 0.1) is 0 Å². The molecule has 0 aliphatic heterocycles. The van der Waals surface area contributed by atoms with Crippen LogP contribution in [0.3, 0.4) is 0 Å². The minimum Gasteiger partial charge on any atom is -0.392 e. The summed E-state index contributed by atoms with van der Waals surface area (Å²) in [6, 6.07) is 3.43. The van der Waals surface area contributed by atoms with Crippen LogP contribution in [-0.4, -0.2) is 27.3 Å². The third-order valence-electron chi connectivity index (χ3n) is 2.97. The molecule has 2 rings (SSSR count). The summed E-state index contributed by atoms with van der Waals surface area (Å²) in [7, 11) is 0. The molecule has 0 spiro atoms. The number of rotatable bonds is 4. The third-order valence-corrected chi connectivity index (χ3v) is 2.97. The lowest BCUT2D eigenvalue weighted by Gasteiger charge is -2.11. The fraction of sp³-hybridized carbons (Fsp3) is 0.462. The summed E-state index contributed by atoms with van der Waals surface area (Å²) in [5.74, 6) is 0.586. The van der Waals surface area contributed by atoms with E-state index >= 15 is 0 Å². The second-order valence-corrected chi connectivity index (χ2v) is 4.73. The van der Waals surface area contributed by atoms with Gasteiger partial charge in [-0.05, 0) is 31.7 Å². The average Bonchev–Trinajstić information content (AvgIpc) is 2.65. The molecule has 110 valence electrons. The molecule has 0 aliphatic rings. The Hall–Kier alpha value is -1.60. The van der Waals surface area contributed by atoms with Crippen LogP contribution in [0.25, 0.3) is 11.0 Å². The number of fused-ring (bicyclic) bond motifs is 1. The van der Waals surface area contributed by atoms with Crippen LogP contribution in [0.1, 0.15) is 18.3 Å². The van der Waals surface area contributed by atoms with Crippen molar-refractivity contribution in [1.29, 1.82) is 0 Å². The van der Waals surface area contributed by atoms with E-state index in [0.29, 0.717) is 24.3 Å². The van der Waals surface area contributed by atoms with E-state index in [-0.39, 0.29) is 12.1 Å². The molecule has 0 bridgehead atoms. The topological polar surface area (TPSA) is 64.1 Å². The van der Waals surface area contributed by atoms with Gasteiger partial charge in [0.25, 0.3) is 0 Å². The Morgan fingerprint density at radius 2 is 2.10 bits per heavy atom. The zero-order valence-electron chi connectivity index (χ0n) is 11.0. The Bertz CT molecular complexity index is 605. The highest BCUT2D eigenvalue weighted by Crippen LogP contribution is 2.31. The van der Waals surface area contributed by atoms with Crippen LogP contribution < -0.4 is 5.73 Å². The van der Waals surface area contributed by atoms with E-state index in [1.54, 1.807) is 11.5 Å². The van der Waals surface area contributed by atoms with Gasteiger partial charge in [-0.1, -0.05) is 0 Å². The predicted molar refractivity (Wildman–Crippen MR) is 69.2 cm³/mol. The molecule has 1 aromatic carbocycles. The van der Waals surface area contributed by atoms with E-state index in [9.17, 15) is 18.3 Å². The standard InChI is InChI=1S/C13H16F3N3O/c1-8(20)7-19-11-3-2-9(13(14,15)16)6-10(11)18-12(19)4-5-17/h2-3,6,8,20H,4-5,7,17H2,1H3. The maximum atomic E-state index is 12.7. The lowest BCUT2D eigenvalue weighted by Crippen LogP contribution is -2.16. The minimum absolute atomic E-state index is 0.268. The molecule has 4 nitrogen and oxygen atoms in total. The second-order valence-electron chi connectivity index (χ2n) is 4.73. The summed E-state index contributed by atoms with van der Waals surface area (Å²) in [6.45, 7) is 2.23. The van der Waals surface area contributed by atoms with Crippen molar-refractivity contribution in [3.63, 3.8) is 0 Å². The van der Waals surface area contributed by atoms with Gasteiger partial charge < -0.3 is 15.4 Å². The van der Waals surface area contributed by atoms with Crippen molar-refractivity contribution in [2.75, 3.05) is 6.54 Å². The number of nitrogens with two attached hydrogens (primary N) is 1. The van der Waals surface area contributed by atoms with Crippen molar-refractivity contribution < 1.29 is 18.3 Å². The number of aliphatic hydroxyl groups excluding tert-OH is 1. The van der Waals surface area contributed by atoms with Gasteiger partial charge in [-0.2, -0.15) is 13.2 Å². The molecule has 0 saturated heterocycles. The molecule has 1 unspecified atom stereocenters. The minimum atomic E-state index is -4.39. The van der Waals surface area contributed by atoms with E-state index in [4.69, 9.17) is 5.73 Å². The molecule has 0 amide bonds. The van der Waals surface area contributed by atoms with Gasteiger partial charge in [0, 0.05) is 6.42 Å². The summed E-state index contributed by atoms with van der Waals surface area (Å²) in [6.07, 6.45) is -4.56. The Balaban J connectivity index is 2.55. The largest absolute Gasteiger partial charge is 0.416 e. The summed E-state index contributed by atoms with van der Waals surface area (Å²) in [5, 5.41) is 9.50. The molecular weight excluding hydrogens is 271 g/mol. The average molecular weight is 287 g/mol. The number of imidazole rings is 1. The van der Waals surface area contributed by atoms with Crippen LogP contribution in [0.2, 0.25) is 0 Å². The quantitative estimate of drug-likeness (QED) is 0.903. The molecule has 1 atom stereocenters. The van der Waals surface area contributed by atoms with Gasteiger partial charge in [-0.25, -0.2) is 4.98 Å². The predicted octanol–water partition coefficient (Wildman–Crippen LogP) is 1.94. The molecule has 7 heteroatoms. The van der Waals surface area contributed by atoms with Gasteiger partial charge in [0.15, 0.2) is 0 Å². The number of benzene rings is 1. The summed E-state index contributed by atoms with van der Waals surface area (Å²) >= 11 is 0. The fourth-order valence-corrected chi connectivity index (χ4v) is 2.14. The lowest BCUT2D eigenvalue weighted by molar-refractivity contribution is -0.137. The van der Waals surface area contributed by atoms with E-state index in [0.717, 1.165) is 12.1 Å². The van der Waals surface area contributed by atoms with E-state index in [1.807, 2.05) is 0 Å². The smallest absolute Gasteiger partial charge is 0.392 e. The number of alkyl halides is 3. The SMILES string of the molecule is CC(O)Cn1c(CCN)nc2cc(C(F)(F)F)ccc21. The first-order valence-electron chi connectivity index (χ1n) is 6.27. The lowest BCUT2D eigenvalue weighted by atomic mass is 10.2. The van der Waals surface area contributed by atoms with Gasteiger partial charge in [-0.3, -0.25) is 0 Å². The van der Waals surface area contributed by atoms with Crippen LogP contribution >= 0.6 is 0 Å². The maximum Gasteiger partial charge on any atom is 0.416 e. The van der Waals surface area contributed by atoms with Crippen LogP contribution in [0.4, 0.5) is 13.2 Å². The molecule has 20 heavy (non-hydrogen) atoms.